The number of benzene rings is 1. The summed E-state index contributed by atoms with van der Waals surface area (Å²) in [5.41, 5.74) is 6.83. The first kappa shape index (κ1) is 16.3. The quantitative estimate of drug-likeness (QED) is 0.928. The molecule has 2 fully saturated rings. The van der Waals surface area contributed by atoms with Crippen LogP contribution < -0.4 is 5.73 Å². The number of likely N-dealkylation sites (tertiary alicyclic amines) is 2. The van der Waals surface area contributed by atoms with Gasteiger partial charge in [-0.05, 0) is 32.8 Å². The van der Waals surface area contributed by atoms with E-state index in [1.165, 1.54) is 5.56 Å². The van der Waals surface area contributed by atoms with Crippen LogP contribution in [0.3, 0.4) is 0 Å². The van der Waals surface area contributed by atoms with Crippen LogP contribution in [-0.4, -0.2) is 52.7 Å². The zero-order valence-corrected chi connectivity index (χ0v) is 14.3. The van der Waals surface area contributed by atoms with Crippen LogP contribution in [0, 0.1) is 0 Å². The van der Waals surface area contributed by atoms with E-state index in [1.54, 1.807) is 0 Å². The van der Waals surface area contributed by atoms with Crippen LogP contribution in [0.4, 0.5) is 4.79 Å². The first-order valence-electron chi connectivity index (χ1n) is 8.32. The van der Waals surface area contributed by atoms with Crippen molar-refractivity contribution in [3.63, 3.8) is 0 Å². The van der Waals surface area contributed by atoms with E-state index in [9.17, 15) is 4.79 Å². The molecule has 3 rings (SSSR count). The number of piperazine rings is 1. The Kier molecular flexibility index (Phi) is 4.10. The maximum absolute atomic E-state index is 12.4. The molecule has 0 saturated carbocycles. The predicted octanol–water partition coefficient (Wildman–Crippen LogP) is 2.21. The Morgan fingerprint density at radius 3 is 2.65 bits per heavy atom. The largest absolute Gasteiger partial charge is 0.444 e. The summed E-state index contributed by atoms with van der Waals surface area (Å²) in [6.45, 7) is 8.69. The van der Waals surface area contributed by atoms with Crippen molar-refractivity contribution in [2.45, 2.75) is 50.9 Å². The van der Waals surface area contributed by atoms with Gasteiger partial charge in [-0.15, -0.1) is 0 Å². The highest BCUT2D eigenvalue weighted by molar-refractivity contribution is 5.69. The minimum Gasteiger partial charge on any atom is -0.444 e. The molecular weight excluding hydrogens is 290 g/mol. The number of amides is 1. The van der Waals surface area contributed by atoms with Gasteiger partial charge >= 0.3 is 6.09 Å². The van der Waals surface area contributed by atoms with E-state index >= 15 is 0 Å². The van der Waals surface area contributed by atoms with Crippen molar-refractivity contribution in [3.8, 4) is 0 Å². The number of ether oxygens (including phenoxy) is 1. The molecule has 23 heavy (non-hydrogen) atoms. The van der Waals surface area contributed by atoms with Crippen LogP contribution in [0.25, 0.3) is 0 Å². The highest BCUT2D eigenvalue weighted by atomic mass is 16.6. The molecule has 0 aromatic heterocycles. The Bertz CT molecular complexity index is 569. The molecule has 2 atom stereocenters. The molecule has 2 saturated heterocycles. The molecule has 1 aromatic carbocycles. The van der Waals surface area contributed by atoms with E-state index < -0.39 is 5.60 Å². The predicted molar refractivity (Wildman–Crippen MR) is 90.0 cm³/mol. The number of hydrogen-bond donors (Lipinski definition) is 1. The summed E-state index contributed by atoms with van der Waals surface area (Å²) in [6, 6.07) is 10.6. The van der Waals surface area contributed by atoms with Gasteiger partial charge in [0.25, 0.3) is 0 Å². The lowest BCUT2D eigenvalue weighted by atomic mass is 9.98. The lowest BCUT2D eigenvalue weighted by molar-refractivity contribution is 0.00267. The molecule has 5 nitrogen and oxygen atoms in total. The average Bonchev–Trinajstić information content (AvgIpc) is 3.02. The van der Waals surface area contributed by atoms with Crippen molar-refractivity contribution in [2.24, 2.45) is 5.73 Å². The fourth-order valence-corrected chi connectivity index (χ4v) is 3.75. The van der Waals surface area contributed by atoms with Gasteiger partial charge in [0.15, 0.2) is 0 Å². The molecule has 2 heterocycles. The Hall–Kier alpha value is -1.59. The van der Waals surface area contributed by atoms with Gasteiger partial charge in [0.05, 0.1) is 5.54 Å². The summed E-state index contributed by atoms with van der Waals surface area (Å²) in [7, 11) is 0. The Morgan fingerprint density at radius 2 is 2.04 bits per heavy atom. The SMILES string of the molecule is CC(C)(C)OC(=O)N1CC2(CN)CC1CN2Cc1ccccc1. The maximum Gasteiger partial charge on any atom is 0.410 e. The van der Waals surface area contributed by atoms with Crippen LogP contribution in [-0.2, 0) is 11.3 Å². The Labute approximate surface area is 138 Å². The summed E-state index contributed by atoms with van der Waals surface area (Å²) in [4.78, 5) is 16.7. The van der Waals surface area contributed by atoms with Gasteiger partial charge in [-0.25, -0.2) is 4.79 Å². The molecule has 1 aromatic rings. The topological polar surface area (TPSA) is 58.8 Å². The van der Waals surface area contributed by atoms with Crippen LogP contribution in [0.1, 0.15) is 32.8 Å². The highest BCUT2D eigenvalue weighted by Crippen LogP contribution is 2.40. The number of nitrogens with zero attached hydrogens (tertiary/aromatic N) is 2. The molecule has 2 N–H and O–H groups in total. The molecule has 1 amide bonds. The monoisotopic (exact) mass is 317 g/mol. The van der Waals surface area contributed by atoms with Gasteiger partial charge in [-0.3, -0.25) is 4.90 Å². The van der Waals surface area contributed by atoms with Crippen molar-refractivity contribution in [1.29, 1.82) is 0 Å². The second-order valence-corrected chi connectivity index (χ2v) is 7.76. The summed E-state index contributed by atoms with van der Waals surface area (Å²) >= 11 is 0. The van der Waals surface area contributed by atoms with E-state index in [4.69, 9.17) is 10.5 Å². The minimum absolute atomic E-state index is 0.114. The summed E-state index contributed by atoms with van der Waals surface area (Å²) in [5, 5.41) is 0. The number of fused-ring (bicyclic) bond motifs is 2. The fraction of sp³-hybridized carbons (Fsp3) is 0.611. The average molecular weight is 317 g/mol. The molecule has 2 aliphatic heterocycles. The Morgan fingerprint density at radius 1 is 1.35 bits per heavy atom. The zero-order chi connectivity index (χ0) is 16.7. The minimum atomic E-state index is -0.460. The fourth-order valence-electron chi connectivity index (χ4n) is 3.75. The third kappa shape index (κ3) is 3.21. The first-order valence-corrected chi connectivity index (χ1v) is 8.32. The molecule has 0 aliphatic carbocycles. The third-order valence-corrected chi connectivity index (χ3v) is 4.85. The molecule has 0 radical (unpaired) electrons. The molecule has 2 bridgehead atoms. The van der Waals surface area contributed by atoms with Gasteiger partial charge in [-0.2, -0.15) is 0 Å². The number of rotatable bonds is 3. The lowest BCUT2D eigenvalue weighted by Crippen LogP contribution is -2.58. The van der Waals surface area contributed by atoms with Gasteiger partial charge in [0, 0.05) is 32.2 Å². The van der Waals surface area contributed by atoms with Crippen LogP contribution in [0.2, 0.25) is 0 Å². The summed E-state index contributed by atoms with van der Waals surface area (Å²) < 4.78 is 5.54. The van der Waals surface area contributed by atoms with Crippen molar-refractivity contribution < 1.29 is 9.53 Å². The molecule has 2 aliphatic rings. The summed E-state index contributed by atoms with van der Waals surface area (Å²) in [6.07, 6.45) is 0.729. The van der Waals surface area contributed by atoms with Gasteiger partial charge < -0.3 is 15.4 Å². The smallest absolute Gasteiger partial charge is 0.410 e. The summed E-state index contributed by atoms with van der Waals surface area (Å²) in [5.74, 6) is 0. The number of nitrogens with two attached hydrogens (primary N) is 1. The third-order valence-electron chi connectivity index (χ3n) is 4.85. The van der Waals surface area contributed by atoms with Crippen LogP contribution >= 0.6 is 0 Å². The van der Waals surface area contributed by atoms with E-state index in [0.29, 0.717) is 13.1 Å². The number of carbonyl (C=O) groups excluding carboxylic acids is 1. The van der Waals surface area contributed by atoms with Crippen LogP contribution in [0.15, 0.2) is 30.3 Å². The highest BCUT2D eigenvalue weighted by Gasteiger charge is 2.55. The standard InChI is InChI=1S/C18H27N3O2/c1-17(2,3)23-16(22)21-13-18(12-19)9-15(21)11-20(18)10-14-7-5-4-6-8-14/h4-8,15H,9-13,19H2,1-3H3. The molecular formula is C18H27N3O2. The van der Waals surface area contributed by atoms with Gasteiger partial charge in [-0.1, -0.05) is 30.3 Å². The zero-order valence-electron chi connectivity index (χ0n) is 14.3. The second-order valence-electron chi connectivity index (χ2n) is 7.76. The van der Waals surface area contributed by atoms with Crippen molar-refractivity contribution in [1.82, 2.24) is 9.80 Å². The molecule has 126 valence electrons. The molecule has 0 spiro atoms. The number of hydrogen-bond acceptors (Lipinski definition) is 4. The normalized spacial score (nSPS) is 27.5. The van der Waals surface area contributed by atoms with E-state index in [-0.39, 0.29) is 17.7 Å². The first-order chi connectivity index (χ1) is 10.8. The van der Waals surface area contributed by atoms with Crippen molar-refractivity contribution in [3.05, 3.63) is 35.9 Å². The second kappa shape index (κ2) is 5.80. The lowest BCUT2D eigenvalue weighted by Gasteiger charge is -2.41. The number of carbonyl (C=O) groups is 1. The van der Waals surface area contributed by atoms with E-state index in [2.05, 4.69) is 29.2 Å². The van der Waals surface area contributed by atoms with Crippen LogP contribution in [0.5, 0.6) is 0 Å². The Balaban J connectivity index is 1.70. The van der Waals surface area contributed by atoms with Gasteiger partial charge in [0.1, 0.15) is 5.60 Å². The molecule has 5 heteroatoms. The van der Waals surface area contributed by atoms with Crippen molar-refractivity contribution in [2.75, 3.05) is 19.6 Å². The van der Waals surface area contributed by atoms with E-state index in [1.807, 2.05) is 31.7 Å². The van der Waals surface area contributed by atoms with Gasteiger partial charge in [0.2, 0.25) is 0 Å². The van der Waals surface area contributed by atoms with Crippen molar-refractivity contribution >= 4 is 6.09 Å². The molecule has 2 unspecified atom stereocenters. The van der Waals surface area contributed by atoms with E-state index in [0.717, 1.165) is 19.5 Å². The maximum atomic E-state index is 12.4.